The highest BCUT2D eigenvalue weighted by Gasteiger charge is 2.31. The van der Waals surface area contributed by atoms with E-state index in [1.165, 1.54) is 12.1 Å². The molecular formula is C28H31F3N2O4. The van der Waals surface area contributed by atoms with E-state index < -0.39 is 18.9 Å². The van der Waals surface area contributed by atoms with Crippen LogP contribution < -0.4 is 14.4 Å². The number of aliphatic carboxylic acids is 1. The zero-order chi connectivity index (χ0) is 27.1. The first-order chi connectivity index (χ1) is 17.5. The van der Waals surface area contributed by atoms with Crippen molar-refractivity contribution in [2.75, 3.05) is 18.1 Å². The number of nitrogens with zero attached hydrogens (tertiary/aromatic N) is 2. The van der Waals surface area contributed by atoms with Crippen molar-refractivity contribution < 1.29 is 32.5 Å². The summed E-state index contributed by atoms with van der Waals surface area (Å²) in [5, 5.41) is 8.98. The molecule has 0 fully saturated rings. The SMILES string of the molecule is CCCc1cc(C(C)(C)CN(Cc2ccc(OC(F)(F)F)cc2)c2ccccn2)ccc1OCC(=O)O. The molecule has 0 spiro atoms. The van der Waals surface area contributed by atoms with Gasteiger partial charge >= 0.3 is 12.3 Å². The van der Waals surface area contributed by atoms with Gasteiger partial charge in [0.05, 0.1) is 0 Å². The maximum atomic E-state index is 12.5. The predicted octanol–water partition coefficient (Wildman–Crippen LogP) is 6.38. The van der Waals surface area contributed by atoms with Gasteiger partial charge < -0.3 is 19.5 Å². The standard InChI is InChI=1S/C28H31F3N2O4/c1-4-7-21-16-22(11-14-24(21)36-18-26(34)35)27(2,3)19-33(25-8-5-6-15-32-25)17-20-9-12-23(13-10-20)37-28(29,30)31/h5-6,8-16H,4,7,17-19H2,1-3H3,(H,34,35). The summed E-state index contributed by atoms with van der Waals surface area (Å²) in [7, 11) is 0. The number of carbonyl (C=O) groups is 1. The third-order valence-electron chi connectivity index (χ3n) is 5.80. The molecule has 0 saturated carbocycles. The van der Waals surface area contributed by atoms with Crippen LogP contribution in [-0.2, 0) is 23.2 Å². The fraction of sp³-hybridized carbons (Fsp3) is 0.357. The molecule has 6 nitrogen and oxygen atoms in total. The third-order valence-corrected chi connectivity index (χ3v) is 5.80. The lowest BCUT2D eigenvalue weighted by Gasteiger charge is -2.34. The molecule has 37 heavy (non-hydrogen) atoms. The number of hydrogen-bond donors (Lipinski definition) is 1. The molecule has 0 saturated heterocycles. The Kier molecular flexibility index (Phi) is 9.02. The number of rotatable bonds is 12. The summed E-state index contributed by atoms with van der Waals surface area (Å²) in [4.78, 5) is 17.5. The number of aromatic nitrogens is 1. The number of anilines is 1. The molecule has 2 aromatic carbocycles. The van der Waals surface area contributed by atoms with Crippen molar-refractivity contribution in [1.29, 1.82) is 0 Å². The number of ether oxygens (including phenoxy) is 2. The van der Waals surface area contributed by atoms with E-state index in [9.17, 15) is 18.0 Å². The zero-order valence-electron chi connectivity index (χ0n) is 21.1. The van der Waals surface area contributed by atoms with Crippen molar-refractivity contribution >= 4 is 11.8 Å². The van der Waals surface area contributed by atoms with Crippen LogP contribution in [0.4, 0.5) is 19.0 Å². The third kappa shape index (κ3) is 8.41. The van der Waals surface area contributed by atoms with Crippen LogP contribution in [0.2, 0.25) is 0 Å². The molecule has 0 bridgehead atoms. The first-order valence-electron chi connectivity index (χ1n) is 12.0. The van der Waals surface area contributed by atoms with Crippen molar-refractivity contribution in [2.24, 2.45) is 0 Å². The molecule has 0 atom stereocenters. The normalized spacial score (nSPS) is 11.7. The van der Waals surface area contributed by atoms with Gasteiger partial charge in [0.15, 0.2) is 6.61 Å². The lowest BCUT2D eigenvalue weighted by atomic mass is 9.82. The molecule has 0 radical (unpaired) electrons. The molecule has 0 aliphatic rings. The zero-order valence-corrected chi connectivity index (χ0v) is 21.1. The monoisotopic (exact) mass is 516 g/mol. The van der Waals surface area contributed by atoms with Crippen molar-refractivity contribution in [3.63, 3.8) is 0 Å². The van der Waals surface area contributed by atoms with Crippen LogP contribution in [0.25, 0.3) is 0 Å². The Morgan fingerprint density at radius 2 is 1.78 bits per heavy atom. The average molecular weight is 517 g/mol. The summed E-state index contributed by atoms with van der Waals surface area (Å²) in [6.07, 6.45) is -1.42. The van der Waals surface area contributed by atoms with Gasteiger partial charge in [-0.1, -0.05) is 57.5 Å². The summed E-state index contributed by atoms with van der Waals surface area (Å²) < 4.78 is 47.1. The quantitative estimate of drug-likeness (QED) is 0.301. The van der Waals surface area contributed by atoms with Gasteiger partial charge in [0.1, 0.15) is 17.3 Å². The summed E-state index contributed by atoms with van der Waals surface area (Å²) in [6, 6.07) is 17.2. The second-order valence-electron chi connectivity index (χ2n) is 9.37. The van der Waals surface area contributed by atoms with Crippen LogP contribution in [0.5, 0.6) is 11.5 Å². The van der Waals surface area contributed by atoms with Crippen molar-refractivity contribution in [3.05, 3.63) is 83.6 Å². The number of halogens is 3. The van der Waals surface area contributed by atoms with Gasteiger partial charge in [-0.05, 0) is 53.4 Å². The van der Waals surface area contributed by atoms with Crippen LogP contribution in [0.15, 0.2) is 66.9 Å². The van der Waals surface area contributed by atoms with E-state index in [0.717, 1.165) is 35.3 Å². The molecule has 9 heteroatoms. The number of carboxylic acids is 1. The van der Waals surface area contributed by atoms with E-state index in [1.54, 1.807) is 18.3 Å². The van der Waals surface area contributed by atoms with E-state index >= 15 is 0 Å². The van der Waals surface area contributed by atoms with Crippen LogP contribution in [0.3, 0.4) is 0 Å². The van der Waals surface area contributed by atoms with Gasteiger partial charge in [-0.25, -0.2) is 9.78 Å². The molecule has 0 aliphatic carbocycles. The van der Waals surface area contributed by atoms with Crippen LogP contribution in [-0.4, -0.2) is 35.6 Å². The lowest BCUT2D eigenvalue weighted by molar-refractivity contribution is -0.274. The fourth-order valence-electron chi connectivity index (χ4n) is 4.09. The van der Waals surface area contributed by atoms with Crippen molar-refractivity contribution in [2.45, 2.75) is 51.9 Å². The maximum Gasteiger partial charge on any atom is 0.573 e. The number of aryl methyl sites for hydroxylation is 1. The van der Waals surface area contributed by atoms with Gasteiger partial charge in [0.25, 0.3) is 0 Å². The smallest absolute Gasteiger partial charge is 0.482 e. The molecule has 1 N–H and O–H groups in total. The minimum Gasteiger partial charge on any atom is -0.482 e. The highest BCUT2D eigenvalue weighted by molar-refractivity contribution is 5.68. The van der Waals surface area contributed by atoms with Crippen molar-refractivity contribution in [1.82, 2.24) is 4.98 Å². The Balaban J connectivity index is 1.86. The van der Waals surface area contributed by atoms with E-state index in [2.05, 4.69) is 34.5 Å². The number of hydrogen-bond acceptors (Lipinski definition) is 5. The second kappa shape index (κ2) is 12.0. The second-order valence-corrected chi connectivity index (χ2v) is 9.37. The minimum absolute atomic E-state index is 0.269. The molecular weight excluding hydrogens is 485 g/mol. The Morgan fingerprint density at radius 1 is 1.05 bits per heavy atom. The maximum absolute atomic E-state index is 12.5. The van der Waals surface area contributed by atoms with Crippen molar-refractivity contribution in [3.8, 4) is 11.5 Å². The molecule has 1 aromatic heterocycles. The van der Waals surface area contributed by atoms with Gasteiger partial charge in [-0.15, -0.1) is 13.2 Å². The Bertz CT molecular complexity index is 1170. The van der Waals surface area contributed by atoms with Crippen LogP contribution in [0.1, 0.15) is 43.9 Å². The molecule has 1 heterocycles. The largest absolute Gasteiger partial charge is 0.573 e. The average Bonchev–Trinajstić information content (AvgIpc) is 2.83. The first-order valence-corrected chi connectivity index (χ1v) is 12.0. The molecule has 0 unspecified atom stereocenters. The van der Waals surface area contributed by atoms with Crippen LogP contribution in [0, 0.1) is 0 Å². The summed E-state index contributed by atoms with van der Waals surface area (Å²) in [5.41, 5.74) is 2.44. The van der Waals surface area contributed by atoms with E-state index in [1.807, 2.05) is 37.3 Å². The van der Waals surface area contributed by atoms with Gasteiger partial charge in [-0.3, -0.25) is 0 Å². The molecule has 198 valence electrons. The fourth-order valence-corrected chi connectivity index (χ4v) is 4.09. The highest BCUT2D eigenvalue weighted by Crippen LogP contribution is 2.32. The van der Waals surface area contributed by atoms with Gasteiger partial charge in [0.2, 0.25) is 0 Å². The first kappa shape index (κ1) is 27.8. The Labute approximate surface area is 214 Å². The van der Waals surface area contributed by atoms with E-state index in [-0.39, 0.29) is 11.2 Å². The molecule has 3 rings (SSSR count). The Morgan fingerprint density at radius 3 is 2.38 bits per heavy atom. The topological polar surface area (TPSA) is 71.9 Å². The number of pyridine rings is 1. The number of alkyl halides is 3. The number of benzene rings is 2. The van der Waals surface area contributed by atoms with Crippen LogP contribution >= 0.6 is 0 Å². The lowest BCUT2D eigenvalue weighted by Crippen LogP contribution is -2.37. The summed E-state index contributed by atoms with van der Waals surface area (Å²) in [6.45, 7) is 6.84. The molecule has 3 aromatic rings. The molecule has 0 amide bonds. The highest BCUT2D eigenvalue weighted by atomic mass is 19.4. The van der Waals surface area contributed by atoms with Gasteiger partial charge in [0, 0.05) is 24.7 Å². The summed E-state index contributed by atoms with van der Waals surface area (Å²) in [5.74, 6) is -0.00146. The number of carboxylic acid groups (broad SMARTS) is 1. The van der Waals surface area contributed by atoms with E-state index in [0.29, 0.717) is 18.8 Å². The van der Waals surface area contributed by atoms with Gasteiger partial charge in [-0.2, -0.15) is 0 Å². The van der Waals surface area contributed by atoms with E-state index in [4.69, 9.17) is 9.84 Å². The minimum atomic E-state index is -4.74. The molecule has 0 aliphatic heterocycles. The summed E-state index contributed by atoms with van der Waals surface area (Å²) >= 11 is 0. The Hall–Kier alpha value is -3.75. The predicted molar refractivity (Wildman–Crippen MR) is 135 cm³/mol.